The molecule has 1 unspecified atom stereocenters. The van der Waals surface area contributed by atoms with E-state index in [1.807, 2.05) is 18.2 Å². The number of benzene rings is 2. The van der Waals surface area contributed by atoms with E-state index >= 15 is 0 Å². The number of aromatic nitrogens is 1. The third kappa shape index (κ3) is 3.38. The summed E-state index contributed by atoms with van der Waals surface area (Å²) < 4.78 is 6.43. The molecule has 25 heavy (non-hydrogen) atoms. The maximum absolute atomic E-state index is 5.22. The molecular formula is C20H21N3OS. The van der Waals surface area contributed by atoms with Gasteiger partial charge < -0.3 is 4.74 Å². The lowest BCUT2D eigenvalue weighted by Gasteiger charge is -2.17. The van der Waals surface area contributed by atoms with Gasteiger partial charge in [-0.3, -0.25) is 5.01 Å². The summed E-state index contributed by atoms with van der Waals surface area (Å²) in [5.41, 5.74) is 7.30. The molecule has 128 valence electrons. The second-order valence-electron chi connectivity index (χ2n) is 6.28. The highest BCUT2D eigenvalue weighted by Crippen LogP contribution is 2.31. The molecule has 4 nitrogen and oxygen atoms in total. The fraction of sp³-hybridized carbons (Fsp3) is 0.250. The first-order chi connectivity index (χ1) is 12.2. The third-order valence-corrected chi connectivity index (χ3v) is 5.58. The minimum Gasteiger partial charge on any atom is -0.497 e. The molecule has 0 radical (unpaired) electrons. The Labute approximate surface area is 151 Å². The van der Waals surface area contributed by atoms with E-state index in [-0.39, 0.29) is 0 Å². The maximum Gasteiger partial charge on any atom is 0.205 e. The van der Waals surface area contributed by atoms with Crippen molar-refractivity contribution >= 4 is 26.7 Å². The van der Waals surface area contributed by atoms with Crippen LogP contribution in [0.2, 0.25) is 0 Å². The van der Waals surface area contributed by atoms with E-state index < -0.39 is 0 Å². The average molecular weight is 351 g/mol. The van der Waals surface area contributed by atoms with Crippen LogP contribution in [0.3, 0.4) is 0 Å². The van der Waals surface area contributed by atoms with Gasteiger partial charge in [-0.25, -0.2) is 10.4 Å². The van der Waals surface area contributed by atoms with Gasteiger partial charge in [0.2, 0.25) is 5.13 Å². The number of rotatable bonds is 5. The summed E-state index contributed by atoms with van der Waals surface area (Å²) in [7, 11) is 1.70. The molecule has 1 N–H and O–H groups in total. The van der Waals surface area contributed by atoms with Crippen molar-refractivity contribution in [1.29, 1.82) is 0 Å². The van der Waals surface area contributed by atoms with Crippen molar-refractivity contribution in [2.24, 2.45) is 0 Å². The highest BCUT2D eigenvalue weighted by Gasteiger charge is 2.23. The number of ether oxygens (including phenoxy) is 1. The number of para-hydroxylation sites is 1. The number of methoxy groups -OCH3 is 1. The van der Waals surface area contributed by atoms with Gasteiger partial charge in [-0.15, -0.1) is 0 Å². The van der Waals surface area contributed by atoms with Gasteiger partial charge in [-0.2, -0.15) is 0 Å². The number of thiazole rings is 1. The number of nitrogens with one attached hydrogen (secondary N) is 1. The van der Waals surface area contributed by atoms with E-state index in [1.54, 1.807) is 18.4 Å². The van der Waals surface area contributed by atoms with Crippen LogP contribution in [0.4, 0.5) is 5.13 Å². The van der Waals surface area contributed by atoms with Crippen molar-refractivity contribution in [3.8, 4) is 5.75 Å². The molecular weight excluding hydrogens is 330 g/mol. The Hall–Kier alpha value is -2.37. The molecule has 1 atom stereocenters. The molecule has 3 aromatic rings. The second-order valence-corrected chi connectivity index (χ2v) is 7.28. The first-order valence-electron chi connectivity index (χ1n) is 8.45. The standard InChI is InChI=1S/C20H21N3OS/c1-14-13-23(20-21-18-5-3-4-6-19(18)25-20)22-17(14)12-9-15-7-10-16(24-2)11-8-15/h3-8,10-11,13,17,22H,9,12H2,1-2H3. The monoisotopic (exact) mass is 351 g/mol. The average Bonchev–Trinajstić information content (AvgIpc) is 3.23. The van der Waals surface area contributed by atoms with Gasteiger partial charge in [0.05, 0.1) is 17.3 Å². The highest BCUT2D eigenvalue weighted by atomic mass is 32.1. The van der Waals surface area contributed by atoms with E-state index in [2.05, 4.69) is 53.9 Å². The molecule has 0 amide bonds. The molecule has 4 rings (SSSR count). The summed E-state index contributed by atoms with van der Waals surface area (Å²) in [6.45, 7) is 2.18. The van der Waals surface area contributed by atoms with Crippen molar-refractivity contribution < 1.29 is 4.74 Å². The number of anilines is 1. The van der Waals surface area contributed by atoms with Gasteiger partial charge in [0.1, 0.15) is 5.75 Å². The van der Waals surface area contributed by atoms with Gasteiger partial charge in [0.15, 0.2) is 0 Å². The Morgan fingerprint density at radius 2 is 1.96 bits per heavy atom. The van der Waals surface area contributed by atoms with Gasteiger partial charge in [-0.1, -0.05) is 35.6 Å². The first kappa shape index (κ1) is 16.1. The highest BCUT2D eigenvalue weighted by molar-refractivity contribution is 7.22. The summed E-state index contributed by atoms with van der Waals surface area (Å²) in [6.07, 6.45) is 4.24. The predicted octanol–water partition coefficient (Wildman–Crippen LogP) is 4.53. The van der Waals surface area contributed by atoms with E-state index in [4.69, 9.17) is 9.72 Å². The Bertz CT molecular complexity index is 868. The first-order valence-corrected chi connectivity index (χ1v) is 9.27. The van der Waals surface area contributed by atoms with Crippen LogP contribution in [0.1, 0.15) is 18.9 Å². The van der Waals surface area contributed by atoms with Crippen LogP contribution in [-0.2, 0) is 6.42 Å². The molecule has 2 aromatic carbocycles. The van der Waals surface area contributed by atoms with Gasteiger partial charge in [0.25, 0.3) is 0 Å². The minimum atomic E-state index is 0.342. The van der Waals surface area contributed by atoms with Crippen LogP contribution in [0.5, 0.6) is 5.75 Å². The zero-order chi connectivity index (χ0) is 17.2. The number of hydrogen-bond donors (Lipinski definition) is 1. The van der Waals surface area contributed by atoms with Crippen molar-refractivity contribution in [3.05, 3.63) is 65.9 Å². The number of hydrogen-bond acceptors (Lipinski definition) is 5. The zero-order valence-electron chi connectivity index (χ0n) is 14.4. The van der Waals surface area contributed by atoms with Gasteiger partial charge in [-0.05, 0) is 55.2 Å². The fourth-order valence-corrected chi connectivity index (χ4v) is 3.98. The second kappa shape index (κ2) is 6.86. The predicted molar refractivity (Wildman–Crippen MR) is 104 cm³/mol. The van der Waals surface area contributed by atoms with Crippen molar-refractivity contribution in [3.63, 3.8) is 0 Å². The fourth-order valence-electron chi connectivity index (χ4n) is 3.07. The molecule has 5 heteroatoms. The Kier molecular flexibility index (Phi) is 4.42. The Morgan fingerprint density at radius 1 is 1.16 bits per heavy atom. The molecule has 0 fully saturated rings. The largest absolute Gasteiger partial charge is 0.497 e. The summed E-state index contributed by atoms with van der Waals surface area (Å²) in [4.78, 5) is 4.72. The number of nitrogens with zero attached hydrogens (tertiary/aromatic N) is 2. The molecule has 1 aliphatic rings. The summed E-state index contributed by atoms with van der Waals surface area (Å²) in [5, 5.41) is 3.06. The van der Waals surface area contributed by atoms with E-state index in [9.17, 15) is 0 Å². The number of fused-ring (bicyclic) bond motifs is 1. The van der Waals surface area contributed by atoms with Crippen LogP contribution >= 0.6 is 11.3 Å². The Balaban J connectivity index is 1.42. The number of hydrazine groups is 1. The zero-order valence-corrected chi connectivity index (χ0v) is 15.2. The van der Waals surface area contributed by atoms with E-state index in [0.717, 1.165) is 29.2 Å². The van der Waals surface area contributed by atoms with Gasteiger partial charge >= 0.3 is 0 Å². The van der Waals surface area contributed by atoms with Crippen molar-refractivity contribution in [2.45, 2.75) is 25.8 Å². The SMILES string of the molecule is COc1ccc(CCC2NN(c3nc4ccccc4s3)C=C2C)cc1. The maximum atomic E-state index is 5.22. The molecule has 2 heterocycles. The van der Waals surface area contributed by atoms with Crippen LogP contribution < -0.4 is 15.2 Å². The van der Waals surface area contributed by atoms with Crippen molar-refractivity contribution in [1.82, 2.24) is 10.4 Å². The van der Waals surface area contributed by atoms with E-state index in [0.29, 0.717) is 6.04 Å². The molecule has 0 spiro atoms. The lowest BCUT2D eigenvalue weighted by molar-refractivity contribution is 0.414. The summed E-state index contributed by atoms with van der Waals surface area (Å²) in [6, 6.07) is 16.9. The lowest BCUT2D eigenvalue weighted by atomic mass is 10.0. The molecule has 0 saturated heterocycles. The number of aryl methyl sites for hydroxylation is 1. The van der Waals surface area contributed by atoms with Crippen LogP contribution in [0, 0.1) is 0 Å². The lowest BCUT2D eigenvalue weighted by Crippen LogP contribution is -2.36. The smallest absolute Gasteiger partial charge is 0.205 e. The molecule has 1 aliphatic heterocycles. The Morgan fingerprint density at radius 3 is 2.72 bits per heavy atom. The molecule has 1 aromatic heterocycles. The van der Waals surface area contributed by atoms with Crippen molar-refractivity contribution in [2.75, 3.05) is 12.1 Å². The quantitative estimate of drug-likeness (QED) is 0.732. The molecule has 0 bridgehead atoms. The van der Waals surface area contributed by atoms with Crippen LogP contribution in [-0.4, -0.2) is 18.1 Å². The topological polar surface area (TPSA) is 37.4 Å². The summed E-state index contributed by atoms with van der Waals surface area (Å²) >= 11 is 1.71. The van der Waals surface area contributed by atoms with Gasteiger partial charge in [0, 0.05) is 12.2 Å². The summed E-state index contributed by atoms with van der Waals surface area (Å²) in [5.74, 6) is 0.904. The normalized spacial score (nSPS) is 17.1. The molecule has 0 aliphatic carbocycles. The molecule has 0 saturated carbocycles. The third-order valence-electron chi connectivity index (χ3n) is 4.55. The van der Waals surface area contributed by atoms with Crippen LogP contribution in [0.15, 0.2) is 60.3 Å². The van der Waals surface area contributed by atoms with Crippen LogP contribution in [0.25, 0.3) is 10.2 Å². The van der Waals surface area contributed by atoms with E-state index in [1.165, 1.54) is 15.8 Å². The minimum absolute atomic E-state index is 0.342.